The van der Waals surface area contributed by atoms with E-state index < -0.39 is 6.72 Å². The number of hydrogen-bond acceptors (Lipinski definition) is 7. The minimum atomic E-state index is -2.77. The number of aromatic nitrogens is 2. The zero-order valence-corrected chi connectivity index (χ0v) is 21.5. The molecule has 1 aromatic heterocycles. The topological polar surface area (TPSA) is 73.7 Å². The predicted molar refractivity (Wildman–Crippen MR) is 127 cm³/mol. The first-order chi connectivity index (χ1) is 13.9. The molecule has 0 radical (unpaired) electrons. The van der Waals surface area contributed by atoms with Gasteiger partial charge in [-0.1, -0.05) is 37.0 Å². The summed E-state index contributed by atoms with van der Waals surface area (Å²) in [6.07, 6.45) is 0. The molecule has 0 fully saturated rings. The third kappa shape index (κ3) is 7.95. The second-order valence-electron chi connectivity index (χ2n) is 6.70. The predicted octanol–water partition coefficient (Wildman–Crippen LogP) is 6.90. The van der Waals surface area contributed by atoms with Gasteiger partial charge in [-0.05, 0) is 51.8 Å². The lowest BCUT2D eigenvalue weighted by Gasteiger charge is -2.20. The summed E-state index contributed by atoms with van der Waals surface area (Å²) < 4.78 is 16.6. The molecule has 30 heavy (non-hydrogen) atoms. The number of hydrogen-bond donors (Lipinski definition) is 1. The van der Waals surface area contributed by atoms with Gasteiger partial charge >= 0.3 is 6.72 Å². The van der Waals surface area contributed by atoms with E-state index in [1.165, 1.54) is 0 Å². The summed E-state index contributed by atoms with van der Waals surface area (Å²) in [6.45, 7) is 11.4. The molecule has 0 unspecified atom stereocenters. The lowest BCUT2D eigenvalue weighted by molar-refractivity contribution is 0.215. The lowest BCUT2D eigenvalue weighted by Crippen LogP contribution is -2.06. The van der Waals surface area contributed by atoms with Crippen LogP contribution in [-0.4, -0.2) is 28.3 Å². The average Bonchev–Trinajstić information content (AvgIpc) is 2.65. The minimum absolute atomic E-state index is 0.0890. The Morgan fingerprint density at radius 1 is 1.03 bits per heavy atom. The zero-order chi connectivity index (χ0) is 23.1. The molecule has 0 amide bonds. The van der Waals surface area contributed by atoms with Gasteiger partial charge in [0.2, 0.25) is 5.88 Å². The Bertz CT molecular complexity index is 877. The van der Waals surface area contributed by atoms with Crippen molar-refractivity contribution in [1.29, 1.82) is 0 Å². The highest BCUT2D eigenvalue weighted by Gasteiger charge is 2.22. The number of aromatic hydroxyl groups is 1. The van der Waals surface area contributed by atoms with Crippen LogP contribution in [0.4, 0.5) is 0 Å². The molecule has 0 aliphatic rings. The molecule has 2 aromatic rings. The number of aryl methyl sites for hydroxylation is 2. The van der Waals surface area contributed by atoms with Crippen LogP contribution in [0.3, 0.4) is 0 Å². The quantitative estimate of drug-likeness (QED) is 0.419. The Morgan fingerprint density at radius 3 is 2.10 bits per heavy atom. The van der Waals surface area contributed by atoms with Gasteiger partial charge in [0.25, 0.3) is 0 Å². The van der Waals surface area contributed by atoms with Crippen molar-refractivity contribution in [1.82, 2.24) is 9.97 Å². The van der Waals surface area contributed by atoms with Gasteiger partial charge in [0.05, 0.1) is 18.2 Å². The van der Waals surface area contributed by atoms with Crippen molar-refractivity contribution in [2.24, 2.45) is 0 Å². The molecule has 1 aromatic carbocycles. The second-order valence-corrected chi connectivity index (χ2v) is 10.4. The number of nitrogens with zero attached hydrogens (tertiary/aromatic N) is 2. The number of halogens is 2. The fourth-order valence-electron chi connectivity index (χ4n) is 2.30. The van der Waals surface area contributed by atoms with Crippen LogP contribution >= 0.6 is 29.9 Å². The molecule has 1 heterocycles. The molecule has 2 rings (SSSR count). The van der Waals surface area contributed by atoms with E-state index in [-0.39, 0.29) is 11.7 Å². The molecule has 1 N–H and O–H groups in total. The van der Waals surface area contributed by atoms with E-state index in [9.17, 15) is 5.11 Å². The summed E-state index contributed by atoms with van der Waals surface area (Å²) in [4.78, 5) is 8.71. The van der Waals surface area contributed by atoms with Gasteiger partial charge in [-0.15, -0.1) is 0 Å². The van der Waals surface area contributed by atoms with Crippen molar-refractivity contribution in [3.63, 3.8) is 0 Å². The Labute approximate surface area is 194 Å². The SMILES string of the molecule is CCOP(=S)(OCC)Oc1cc(C)nc(C(C)C)n1.Cc1cc(O)c(Cl)c(C)c1Cl. The van der Waals surface area contributed by atoms with Gasteiger partial charge in [-0.25, -0.2) is 4.98 Å². The maximum atomic E-state index is 9.21. The molecule has 0 saturated heterocycles. The molecule has 0 spiro atoms. The largest absolute Gasteiger partial charge is 0.506 e. The van der Waals surface area contributed by atoms with Crippen molar-refractivity contribution in [3.05, 3.63) is 44.8 Å². The van der Waals surface area contributed by atoms with E-state index in [0.29, 0.717) is 29.1 Å². The van der Waals surface area contributed by atoms with Crippen LogP contribution in [0.1, 0.15) is 56.3 Å². The van der Waals surface area contributed by atoms with Gasteiger partial charge in [0, 0.05) is 34.5 Å². The highest BCUT2D eigenvalue weighted by atomic mass is 35.5. The molecule has 0 saturated carbocycles. The summed E-state index contributed by atoms with van der Waals surface area (Å²) in [5.41, 5.74) is 2.40. The molecule has 0 aliphatic carbocycles. The molecule has 6 nitrogen and oxygen atoms in total. The summed E-state index contributed by atoms with van der Waals surface area (Å²) in [5.74, 6) is 1.45. The summed E-state index contributed by atoms with van der Waals surface area (Å²) in [6, 6.07) is 3.29. The van der Waals surface area contributed by atoms with Gasteiger partial charge in [-0.2, -0.15) is 4.98 Å². The van der Waals surface area contributed by atoms with Crippen LogP contribution in [0.25, 0.3) is 0 Å². The van der Waals surface area contributed by atoms with Crippen molar-refractivity contribution < 1.29 is 18.7 Å². The Balaban J connectivity index is 0.000000346. The van der Waals surface area contributed by atoms with E-state index in [0.717, 1.165) is 22.6 Å². The fraction of sp³-hybridized carbons (Fsp3) is 0.500. The first kappa shape index (κ1) is 27.1. The Morgan fingerprint density at radius 2 is 1.60 bits per heavy atom. The molecular weight excluding hydrogens is 466 g/mol. The van der Waals surface area contributed by atoms with Gasteiger partial charge in [-0.3, -0.25) is 9.05 Å². The van der Waals surface area contributed by atoms with Crippen molar-refractivity contribution in [2.45, 2.75) is 54.4 Å². The number of rotatable bonds is 7. The number of phenolic OH excluding ortho intramolecular Hbond substituents is 1. The molecule has 0 atom stereocenters. The van der Waals surface area contributed by atoms with Crippen LogP contribution in [0.15, 0.2) is 12.1 Å². The minimum Gasteiger partial charge on any atom is -0.506 e. The van der Waals surface area contributed by atoms with E-state index in [2.05, 4.69) is 9.97 Å². The number of benzene rings is 1. The van der Waals surface area contributed by atoms with Crippen molar-refractivity contribution in [3.8, 4) is 11.6 Å². The highest BCUT2D eigenvalue weighted by molar-refractivity contribution is 8.07. The lowest BCUT2D eigenvalue weighted by atomic mass is 10.1. The van der Waals surface area contributed by atoms with Gasteiger partial charge in [0.15, 0.2) is 0 Å². The summed E-state index contributed by atoms with van der Waals surface area (Å²) in [5, 5.41) is 10.2. The van der Waals surface area contributed by atoms with E-state index in [4.69, 9.17) is 48.6 Å². The molecule has 10 heteroatoms. The second kappa shape index (κ2) is 12.2. The van der Waals surface area contributed by atoms with Crippen LogP contribution in [0.2, 0.25) is 10.0 Å². The first-order valence-corrected chi connectivity index (χ1v) is 12.8. The first-order valence-electron chi connectivity index (χ1n) is 9.52. The molecular formula is C20H29Cl2N2O4PS. The maximum absolute atomic E-state index is 9.21. The normalized spacial score (nSPS) is 11.3. The standard InChI is InChI=1S/C12H21N2O3PS.C8H8Cl2O/c1-6-15-18(19,16-7-2)17-11-8-10(5)13-12(14-11)9(3)4;1-4-3-6(11)8(10)5(2)7(4)9/h8-9H,6-7H2,1-5H3;3,11H,1-2H3. The Hall–Kier alpha value is -0.950. The molecule has 0 aliphatic heterocycles. The van der Waals surface area contributed by atoms with E-state index >= 15 is 0 Å². The van der Waals surface area contributed by atoms with Crippen molar-refractivity contribution in [2.75, 3.05) is 13.2 Å². The van der Waals surface area contributed by atoms with E-state index in [1.54, 1.807) is 19.1 Å². The third-order valence-corrected chi connectivity index (χ3v) is 7.20. The van der Waals surface area contributed by atoms with Gasteiger partial charge < -0.3 is 9.63 Å². The fourth-order valence-corrected chi connectivity index (χ4v) is 4.65. The van der Waals surface area contributed by atoms with Crippen LogP contribution in [0, 0.1) is 20.8 Å². The van der Waals surface area contributed by atoms with E-state index in [1.807, 2.05) is 41.5 Å². The maximum Gasteiger partial charge on any atom is 0.381 e. The van der Waals surface area contributed by atoms with Crippen molar-refractivity contribution >= 4 is 41.7 Å². The average molecular weight is 495 g/mol. The van der Waals surface area contributed by atoms with Crippen LogP contribution < -0.4 is 4.52 Å². The number of phenols is 1. The summed E-state index contributed by atoms with van der Waals surface area (Å²) in [7, 11) is 0. The summed E-state index contributed by atoms with van der Waals surface area (Å²) >= 11 is 16.9. The highest BCUT2D eigenvalue weighted by Crippen LogP contribution is 2.49. The zero-order valence-electron chi connectivity index (χ0n) is 18.3. The van der Waals surface area contributed by atoms with Gasteiger partial charge in [0.1, 0.15) is 11.6 Å². The third-order valence-electron chi connectivity index (χ3n) is 3.73. The smallest absolute Gasteiger partial charge is 0.381 e. The molecule has 0 bridgehead atoms. The van der Waals surface area contributed by atoms with Crippen LogP contribution in [-0.2, 0) is 20.9 Å². The molecule has 168 valence electrons. The van der Waals surface area contributed by atoms with Crippen LogP contribution in [0.5, 0.6) is 11.6 Å². The Kier molecular flexibility index (Phi) is 11.0. The monoisotopic (exact) mass is 494 g/mol.